The van der Waals surface area contributed by atoms with E-state index < -0.39 is 5.88 Å². The lowest BCUT2D eigenvalue weighted by atomic mass is 9.77. The van der Waals surface area contributed by atoms with Crippen LogP contribution in [-0.2, 0) is 0 Å². The third-order valence-electron chi connectivity index (χ3n) is 4.60. The molecule has 0 atom stereocenters. The molecule has 0 bridgehead atoms. The lowest BCUT2D eigenvalue weighted by molar-refractivity contribution is -0.277. The van der Waals surface area contributed by atoms with E-state index in [0.29, 0.717) is 17.5 Å². The van der Waals surface area contributed by atoms with Gasteiger partial charge in [0.2, 0.25) is 5.88 Å². The van der Waals surface area contributed by atoms with Crippen LogP contribution in [0.15, 0.2) is 41.2 Å². The summed E-state index contributed by atoms with van der Waals surface area (Å²) in [4.78, 5) is 8.43. The number of ether oxygens (including phenoxy) is 3. The van der Waals surface area contributed by atoms with Crippen LogP contribution in [0.3, 0.4) is 0 Å². The van der Waals surface area contributed by atoms with Crippen LogP contribution in [0, 0.1) is 0 Å². The second-order valence-electron chi connectivity index (χ2n) is 6.32. The molecular formula is C19H22N4O5. The normalized spacial score (nSPS) is 17.9. The summed E-state index contributed by atoms with van der Waals surface area (Å²) in [5, 5.41) is 14.4. The lowest BCUT2D eigenvalue weighted by Gasteiger charge is -2.35. The van der Waals surface area contributed by atoms with Gasteiger partial charge in [0.25, 0.3) is 0 Å². The maximum absolute atomic E-state index is 11.1. The van der Waals surface area contributed by atoms with E-state index in [4.69, 9.17) is 18.7 Å². The highest BCUT2D eigenvalue weighted by Gasteiger charge is 2.33. The van der Waals surface area contributed by atoms with Crippen LogP contribution < -0.4 is 25.5 Å². The average molecular weight is 386 g/mol. The second kappa shape index (κ2) is 8.13. The molecule has 4 N–H and O–H groups in total. The van der Waals surface area contributed by atoms with Crippen LogP contribution in [0.4, 0.5) is 0 Å². The number of benzene rings is 1. The van der Waals surface area contributed by atoms with E-state index in [0.717, 1.165) is 24.3 Å². The van der Waals surface area contributed by atoms with Crippen LogP contribution in [0.2, 0.25) is 0 Å². The Kier molecular flexibility index (Phi) is 5.65. The van der Waals surface area contributed by atoms with Gasteiger partial charge in [0.15, 0.2) is 5.76 Å². The SMILES string of the molecule is COc1cc(OC)cc(C2CC(Oc3cnc(-c4cc([O-])no4)cn3)C2)c1.[NH4+]. The standard InChI is InChI=1S/C19H19N3O5.H3N/c1-24-13-3-11(4-14(7-13)25-2)12-5-15(6-12)26-19-10-20-16(9-21-19)17-8-18(23)22-27-17;/h3-4,7-10,12,15H,5-6H2,1-2H3,(H,22,23);1H3. The van der Waals surface area contributed by atoms with E-state index in [1.165, 1.54) is 24.0 Å². The van der Waals surface area contributed by atoms with Crippen molar-refractivity contribution in [3.05, 3.63) is 42.2 Å². The summed E-state index contributed by atoms with van der Waals surface area (Å²) < 4.78 is 21.4. The summed E-state index contributed by atoms with van der Waals surface area (Å²) >= 11 is 0. The van der Waals surface area contributed by atoms with Gasteiger partial charge < -0.3 is 30.0 Å². The first-order valence-electron chi connectivity index (χ1n) is 8.50. The van der Waals surface area contributed by atoms with Crippen LogP contribution in [0.25, 0.3) is 11.5 Å². The predicted molar refractivity (Wildman–Crippen MR) is 98.9 cm³/mol. The molecule has 0 amide bonds. The third-order valence-corrected chi connectivity index (χ3v) is 4.60. The first-order chi connectivity index (χ1) is 13.1. The molecule has 0 aliphatic heterocycles. The largest absolute Gasteiger partial charge is 0.856 e. The minimum Gasteiger partial charge on any atom is -0.856 e. The Morgan fingerprint density at radius 2 is 1.71 bits per heavy atom. The van der Waals surface area contributed by atoms with Crippen molar-refractivity contribution in [1.82, 2.24) is 21.3 Å². The highest BCUT2D eigenvalue weighted by Crippen LogP contribution is 2.41. The predicted octanol–water partition coefficient (Wildman–Crippen LogP) is 2.92. The average Bonchev–Trinajstić information content (AvgIpc) is 3.10. The van der Waals surface area contributed by atoms with E-state index in [-0.39, 0.29) is 18.0 Å². The van der Waals surface area contributed by atoms with Crippen molar-refractivity contribution in [2.75, 3.05) is 14.2 Å². The quantitative estimate of drug-likeness (QED) is 0.682. The Labute approximate surface area is 161 Å². The molecule has 1 fully saturated rings. The fourth-order valence-electron chi connectivity index (χ4n) is 3.05. The van der Waals surface area contributed by atoms with Gasteiger partial charge in [0, 0.05) is 18.0 Å². The molecule has 0 spiro atoms. The molecule has 1 aliphatic rings. The molecule has 9 nitrogen and oxygen atoms in total. The van der Waals surface area contributed by atoms with Crippen molar-refractivity contribution >= 4 is 0 Å². The Morgan fingerprint density at radius 3 is 2.25 bits per heavy atom. The molecule has 1 aromatic carbocycles. The summed E-state index contributed by atoms with van der Waals surface area (Å²) in [6.07, 6.45) is 4.84. The summed E-state index contributed by atoms with van der Waals surface area (Å²) in [7, 11) is 3.29. The zero-order valence-corrected chi connectivity index (χ0v) is 15.9. The zero-order valence-electron chi connectivity index (χ0n) is 15.9. The number of rotatable bonds is 6. The molecular weight excluding hydrogens is 364 g/mol. The van der Waals surface area contributed by atoms with Gasteiger partial charge in [-0.15, -0.1) is 0 Å². The topological polar surface area (TPSA) is 139 Å². The van der Waals surface area contributed by atoms with E-state index in [1.54, 1.807) is 14.2 Å². The Balaban J connectivity index is 0.00000225. The smallest absolute Gasteiger partial charge is 0.232 e. The van der Waals surface area contributed by atoms with Crippen LogP contribution in [0.1, 0.15) is 24.3 Å². The molecule has 3 aromatic rings. The van der Waals surface area contributed by atoms with Gasteiger partial charge >= 0.3 is 0 Å². The number of aromatic nitrogens is 3. The monoisotopic (exact) mass is 386 g/mol. The van der Waals surface area contributed by atoms with E-state index in [1.807, 2.05) is 18.2 Å². The lowest BCUT2D eigenvalue weighted by Crippen LogP contribution is -2.32. The van der Waals surface area contributed by atoms with E-state index >= 15 is 0 Å². The molecule has 0 saturated heterocycles. The van der Waals surface area contributed by atoms with Gasteiger partial charge in [0.05, 0.1) is 26.6 Å². The molecule has 0 unspecified atom stereocenters. The first-order valence-corrected chi connectivity index (χ1v) is 8.50. The number of nitrogens with zero attached hydrogens (tertiary/aromatic N) is 3. The second-order valence-corrected chi connectivity index (χ2v) is 6.32. The van der Waals surface area contributed by atoms with Crippen molar-refractivity contribution in [3.8, 4) is 34.7 Å². The molecule has 0 radical (unpaired) electrons. The molecule has 1 saturated carbocycles. The molecule has 2 aromatic heterocycles. The van der Waals surface area contributed by atoms with Crippen molar-refractivity contribution in [2.45, 2.75) is 24.9 Å². The Morgan fingerprint density at radius 1 is 1.00 bits per heavy atom. The zero-order chi connectivity index (χ0) is 18.8. The molecule has 28 heavy (non-hydrogen) atoms. The number of quaternary nitrogens is 1. The maximum Gasteiger partial charge on any atom is 0.232 e. The number of hydrogen-bond donors (Lipinski definition) is 1. The Hall–Kier alpha value is -3.33. The fourth-order valence-corrected chi connectivity index (χ4v) is 3.05. The van der Waals surface area contributed by atoms with Crippen molar-refractivity contribution in [1.29, 1.82) is 0 Å². The van der Waals surface area contributed by atoms with Crippen LogP contribution in [0.5, 0.6) is 23.3 Å². The van der Waals surface area contributed by atoms with Gasteiger partial charge in [0.1, 0.15) is 23.3 Å². The fraction of sp³-hybridized carbons (Fsp3) is 0.316. The van der Waals surface area contributed by atoms with Gasteiger partial charge in [-0.25, -0.2) is 9.97 Å². The molecule has 148 valence electrons. The van der Waals surface area contributed by atoms with Crippen LogP contribution >= 0.6 is 0 Å². The maximum atomic E-state index is 11.1. The number of hydrogen-bond acceptors (Lipinski definition) is 8. The first kappa shape index (κ1) is 19.4. The van der Waals surface area contributed by atoms with E-state index in [2.05, 4.69) is 15.1 Å². The molecule has 2 heterocycles. The van der Waals surface area contributed by atoms with Crippen molar-refractivity contribution < 1.29 is 23.8 Å². The number of methoxy groups -OCH3 is 2. The summed E-state index contributed by atoms with van der Waals surface area (Å²) in [6.45, 7) is 0. The van der Waals surface area contributed by atoms with Gasteiger partial charge in [-0.1, -0.05) is 5.16 Å². The highest BCUT2D eigenvalue weighted by molar-refractivity contribution is 5.51. The summed E-state index contributed by atoms with van der Waals surface area (Å²) in [5.74, 6) is 2.23. The molecule has 9 heteroatoms. The van der Waals surface area contributed by atoms with Crippen molar-refractivity contribution in [3.63, 3.8) is 0 Å². The van der Waals surface area contributed by atoms with Gasteiger partial charge in [-0.2, -0.15) is 0 Å². The van der Waals surface area contributed by atoms with Crippen LogP contribution in [-0.4, -0.2) is 35.4 Å². The molecule has 4 rings (SSSR count). The third kappa shape index (κ3) is 3.99. The molecule has 1 aliphatic carbocycles. The van der Waals surface area contributed by atoms with Gasteiger partial charge in [-0.3, -0.25) is 0 Å². The van der Waals surface area contributed by atoms with Crippen molar-refractivity contribution in [2.24, 2.45) is 0 Å². The van der Waals surface area contributed by atoms with E-state index in [9.17, 15) is 5.11 Å². The Bertz CT molecular complexity index is 900. The van der Waals surface area contributed by atoms with Gasteiger partial charge in [-0.05, 0) is 36.5 Å². The highest BCUT2D eigenvalue weighted by atomic mass is 16.5. The minimum atomic E-state index is -0.443. The minimum absolute atomic E-state index is 0. The summed E-state index contributed by atoms with van der Waals surface area (Å²) in [6, 6.07) is 7.18. The summed E-state index contributed by atoms with van der Waals surface area (Å²) in [5.41, 5.74) is 1.61.